The fourth-order valence-electron chi connectivity index (χ4n) is 1.33. The molecule has 4 N–H and O–H groups in total. The summed E-state index contributed by atoms with van der Waals surface area (Å²) in [7, 11) is 1.49. The number of hydrogen-bond acceptors (Lipinski definition) is 4. The zero-order valence-electron chi connectivity index (χ0n) is 9.96. The molecule has 0 fully saturated rings. The van der Waals surface area contributed by atoms with Gasteiger partial charge in [0.05, 0.1) is 11.6 Å². The number of amides is 1. The molecule has 0 bridgehead atoms. The van der Waals surface area contributed by atoms with Gasteiger partial charge in [0, 0.05) is 12.1 Å². The average Bonchev–Trinajstić information content (AvgIpc) is 2.35. The number of phenolic OH excluding ortho intramolecular Hbond substituents is 1. The highest BCUT2D eigenvalue weighted by atomic mass is 35.5. The third-order valence-corrected chi connectivity index (χ3v) is 2.87. The van der Waals surface area contributed by atoms with Gasteiger partial charge in [0.2, 0.25) is 0 Å². The third kappa shape index (κ3) is 2.84. The van der Waals surface area contributed by atoms with Crippen molar-refractivity contribution >= 4 is 23.3 Å². The number of halogens is 1. The van der Waals surface area contributed by atoms with Crippen molar-refractivity contribution in [3.05, 3.63) is 28.8 Å². The van der Waals surface area contributed by atoms with Crippen LogP contribution in [0.25, 0.3) is 0 Å². The largest absolute Gasteiger partial charge is 0.507 e. The van der Waals surface area contributed by atoms with Gasteiger partial charge in [0.1, 0.15) is 5.75 Å². The number of benzene rings is 1. The summed E-state index contributed by atoms with van der Waals surface area (Å²) in [4.78, 5) is 13.3. The number of amidine groups is 1. The Kier molecular flexibility index (Phi) is 4.38. The summed E-state index contributed by atoms with van der Waals surface area (Å²) in [5.74, 6) is -0.770. The first-order chi connectivity index (χ1) is 8.38. The number of nitrogens with zero attached hydrogens (tertiary/aromatic N) is 2. The van der Waals surface area contributed by atoms with E-state index >= 15 is 0 Å². The van der Waals surface area contributed by atoms with E-state index in [0.717, 1.165) is 0 Å². The van der Waals surface area contributed by atoms with Crippen molar-refractivity contribution in [3.8, 4) is 5.75 Å². The van der Waals surface area contributed by atoms with Crippen LogP contribution in [0.15, 0.2) is 23.4 Å². The summed E-state index contributed by atoms with van der Waals surface area (Å²) in [5, 5.41) is 21.4. The minimum absolute atomic E-state index is 0.0967. The lowest BCUT2D eigenvalue weighted by atomic mass is 10.1. The molecule has 0 aliphatic carbocycles. The lowest BCUT2D eigenvalue weighted by Crippen LogP contribution is -2.43. The molecule has 1 aromatic carbocycles. The van der Waals surface area contributed by atoms with Gasteiger partial charge in [-0.3, -0.25) is 4.79 Å². The van der Waals surface area contributed by atoms with E-state index in [9.17, 15) is 9.90 Å². The van der Waals surface area contributed by atoms with E-state index in [1.807, 2.05) is 0 Å². The summed E-state index contributed by atoms with van der Waals surface area (Å²) in [5.41, 5.74) is 5.51. The van der Waals surface area contributed by atoms with Gasteiger partial charge in [0.25, 0.3) is 5.91 Å². The molecule has 6 nitrogen and oxygen atoms in total. The fraction of sp³-hybridized carbons (Fsp3) is 0.273. The van der Waals surface area contributed by atoms with Crippen LogP contribution in [0.3, 0.4) is 0 Å². The van der Waals surface area contributed by atoms with E-state index in [4.69, 9.17) is 22.5 Å². The topological polar surface area (TPSA) is 99.2 Å². The predicted octanol–water partition coefficient (Wildman–Crippen LogP) is 1.25. The highest BCUT2D eigenvalue weighted by molar-refractivity contribution is 6.30. The molecule has 0 spiro atoms. The lowest BCUT2D eigenvalue weighted by molar-refractivity contribution is 0.0773. The second kappa shape index (κ2) is 5.59. The molecule has 0 saturated carbocycles. The Bertz CT molecular complexity index is 490. The molecular weight excluding hydrogens is 258 g/mol. The molecular formula is C11H14ClN3O3. The molecule has 0 aromatic heterocycles. The lowest BCUT2D eigenvalue weighted by Gasteiger charge is -2.24. The second-order valence-electron chi connectivity index (χ2n) is 3.78. The molecule has 1 rings (SSSR count). The van der Waals surface area contributed by atoms with Crippen molar-refractivity contribution in [3.63, 3.8) is 0 Å². The monoisotopic (exact) mass is 271 g/mol. The standard InChI is InChI=1S/C11H14ClN3O3/c1-6(10(13)14-18)15(2)11(17)8-4-3-7(12)5-9(8)16/h3-6,16,18H,1-2H3,(H2,13,14). The normalized spacial score (nSPS) is 13.2. The van der Waals surface area contributed by atoms with E-state index in [1.165, 1.54) is 30.1 Å². The number of phenols is 1. The minimum Gasteiger partial charge on any atom is -0.507 e. The highest BCUT2D eigenvalue weighted by Gasteiger charge is 2.22. The number of likely N-dealkylation sites (N-methyl/N-ethyl adjacent to an activating group) is 1. The van der Waals surface area contributed by atoms with Gasteiger partial charge >= 0.3 is 0 Å². The zero-order valence-corrected chi connectivity index (χ0v) is 10.7. The minimum atomic E-state index is -0.599. The number of carbonyl (C=O) groups excluding carboxylic acids is 1. The number of rotatable bonds is 3. The first kappa shape index (κ1) is 14.1. The number of aromatic hydroxyl groups is 1. The van der Waals surface area contributed by atoms with E-state index in [2.05, 4.69) is 5.16 Å². The highest BCUT2D eigenvalue weighted by Crippen LogP contribution is 2.23. The maximum absolute atomic E-state index is 12.1. The van der Waals surface area contributed by atoms with Crippen molar-refractivity contribution in [2.45, 2.75) is 13.0 Å². The predicted molar refractivity (Wildman–Crippen MR) is 68.1 cm³/mol. The molecule has 0 saturated heterocycles. The first-order valence-corrected chi connectivity index (χ1v) is 5.49. The van der Waals surface area contributed by atoms with Crippen LogP contribution in [0.5, 0.6) is 5.75 Å². The SMILES string of the molecule is CC(C(N)=NO)N(C)C(=O)c1ccc(Cl)cc1O. The van der Waals surface area contributed by atoms with E-state index in [0.29, 0.717) is 5.02 Å². The Morgan fingerprint density at radius 1 is 1.56 bits per heavy atom. The van der Waals surface area contributed by atoms with E-state index in [-0.39, 0.29) is 17.1 Å². The molecule has 1 unspecified atom stereocenters. The van der Waals surface area contributed by atoms with Crippen LogP contribution in [-0.2, 0) is 0 Å². The van der Waals surface area contributed by atoms with Crippen LogP contribution in [0, 0.1) is 0 Å². The van der Waals surface area contributed by atoms with Crippen LogP contribution >= 0.6 is 11.6 Å². The zero-order chi connectivity index (χ0) is 13.9. The van der Waals surface area contributed by atoms with Crippen LogP contribution in [0.1, 0.15) is 17.3 Å². The number of carbonyl (C=O) groups is 1. The quantitative estimate of drug-likeness (QED) is 0.333. The van der Waals surface area contributed by atoms with Crippen molar-refractivity contribution in [1.82, 2.24) is 4.90 Å². The summed E-state index contributed by atoms with van der Waals surface area (Å²) in [6.45, 7) is 1.60. The Hall–Kier alpha value is -1.95. The van der Waals surface area contributed by atoms with E-state index in [1.54, 1.807) is 6.92 Å². The van der Waals surface area contributed by atoms with Gasteiger partial charge in [-0.05, 0) is 25.1 Å². The van der Waals surface area contributed by atoms with Gasteiger partial charge in [0.15, 0.2) is 5.84 Å². The summed E-state index contributed by atoms with van der Waals surface area (Å²) < 4.78 is 0. The maximum atomic E-state index is 12.1. The van der Waals surface area contributed by atoms with Crippen LogP contribution in [-0.4, -0.2) is 40.0 Å². The van der Waals surface area contributed by atoms with Crippen molar-refractivity contribution < 1.29 is 15.1 Å². The number of hydrogen-bond donors (Lipinski definition) is 3. The van der Waals surface area contributed by atoms with E-state index < -0.39 is 11.9 Å². The van der Waals surface area contributed by atoms with Gasteiger partial charge in [-0.1, -0.05) is 16.8 Å². The third-order valence-electron chi connectivity index (χ3n) is 2.63. The molecule has 1 amide bonds. The van der Waals surface area contributed by atoms with Gasteiger partial charge < -0.3 is 20.9 Å². The summed E-state index contributed by atoms with van der Waals surface area (Å²) in [6, 6.07) is 3.58. The van der Waals surface area contributed by atoms with Gasteiger partial charge in [-0.2, -0.15) is 0 Å². The van der Waals surface area contributed by atoms with Gasteiger partial charge in [-0.25, -0.2) is 0 Å². The molecule has 0 heterocycles. The molecule has 7 heteroatoms. The Morgan fingerprint density at radius 3 is 2.67 bits per heavy atom. The molecule has 0 radical (unpaired) electrons. The first-order valence-electron chi connectivity index (χ1n) is 5.11. The van der Waals surface area contributed by atoms with Crippen molar-refractivity contribution in [2.75, 3.05) is 7.05 Å². The number of oxime groups is 1. The van der Waals surface area contributed by atoms with Crippen LogP contribution < -0.4 is 5.73 Å². The van der Waals surface area contributed by atoms with Crippen LogP contribution in [0.4, 0.5) is 0 Å². The molecule has 0 aliphatic heterocycles. The molecule has 1 atom stereocenters. The molecule has 18 heavy (non-hydrogen) atoms. The van der Waals surface area contributed by atoms with Crippen LogP contribution in [0.2, 0.25) is 5.02 Å². The summed E-state index contributed by atoms with van der Waals surface area (Å²) in [6.07, 6.45) is 0. The molecule has 0 aliphatic rings. The number of nitrogens with two attached hydrogens (primary N) is 1. The second-order valence-corrected chi connectivity index (χ2v) is 4.21. The Balaban J connectivity index is 3.00. The van der Waals surface area contributed by atoms with Crippen molar-refractivity contribution in [1.29, 1.82) is 0 Å². The maximum Gasteiger partial charge on any atom is 0.257 e. The average molecular weight is 272 g/mol. The molecule has 98 valence electrons. The van der Waals surface area contributed by atoms with Crippen molar-refractivity contribution in [2.24, 2.45) is 10.9 Å². The Morgan fingerprint density at radius 2 is 2.17 bits per heavy atom. The fourth-order valence-corrected chi connectivity index (χ4v) is 1.50. The van der Waals surface area contributed by atoms with Gasteiger partial charge in [-0.15, -0.1) is 0 Å². The smallest absolute Gasteiger partial charge is 0.257 e. The Labute approximate surface area is 109 Å². The molecule has 1 aromatic rings. The summed E-state index contributed by atoms with van der Waals surface area (Å²) >= 11 is 5.68.